The van der Waals surface area contributed by atoms with Crippen molar-refractivity contribution in [2.75, 3.05) is 6.54 Å². The fourth-order valence-electron chi connectivity index (χ4n) is 2.63. The van der Waals surface area contributed by atoms with Gasteiger partial charge in [0, 0.05) is 23.9 Å². The Labute approximate surface area is 102 Å². The summed E-state index contributed by atoms with van der Waals surface area (Å²) in [4.78, 5) is 4.50. The summed E-state index contributed by atoms with van der Waals surface area (Å²) in [5.41, 5.74) is 2.56. The molecule has 2 nitrogen and oxygen atoms in total. The molecule has 1 fully saturated rings. The molecule has 17 heavy (non-hydrogen) atoms. The van der Waals surface area contributed by atoms with E-state index in [2.05, 4.69) is 52.8 Å². The minimum atomic E-state index is 0.408. The number of nitrogens with one attached hydrogen (secondary N) is 1. The van der Waals surface area contributed by atoms with Crippen molar-refractivity contribution in [1.29, 1.82) is 0 Å². The molecule has 1 saturated heterocycles. The largest absolute Gasteiger partial charge is 0.309 e. The van der Waals surface area contributed by atoms with Crippen LogP contribution in [0.25, 0.3) is 0 Å². The molecule has 2 unspecified atom stereocenters. The number of nitrogens with zero attached hydrogens (tertiary/aromatic N) is 1. The first-order valence-corrected chi connectivity index (χ1v) is 6.14. The van der Waals surface area contributed by atoms with Gasteiger partial charge in [0.15, 0.2) is 0 Å². The highest BCUT2D eigenvalue weighted by molar-refractivity contribution is 5.26. The van der Waals surface area contributed by atoms with Crippen LogP contribution in [-0.4, -0.2) is 11.5 Å². The fraction of sp³-hybridized carbons (Fsp3) is 0.267. The quantitative estimate of drug-likeness (QED) is 0.848. The monoisotopic (exact) mass is 224 g/mol. The molecule has 0 saturated carbocycles. The van der Waals surface area contributed by atoms with Crippen LogP contribution in [-0.2, 0) is 0 Å². The summed E-state index contributed by atoms with van der Waals surface area (Å²) in [6.45, 7) is 1.07. The summed E-state index contributed by atoms with van der Waals surface area (Å²) >= 11 is 0. The molecule has 1 aromatic carbocycles. The van der Waals surface area contributed by atoms with Crippen LogP contribution in [0, 0.1) is 0 Å². The van der Waals surface area contributed by atoms with Crippen molar-refractivity contribution < 1.29 is 0 Å². The summed E-state index contributed by atoms with van der Waals surface area (Å²) in [6.07, 6.45) is 3.05. The highest BCUT2D eigenvalue weighted by Gasteiger charge is 2.29. The van der Waals surface area contributed by atoms with Crippen LogP contribution in [0.15, 0.2) is 54.7 Å². The maximum Gasteiger partial charge on any atom is 0.0454 e. The van der Waals surface area contributed by atoms with E-state index in [0.29, 0.717) is 12.0 Å². The van der Waals surface area contributed by atoms with E-state index in [1.165, 1.54) is 11.3 Å². The van der Waals surface area contributed by atoms with Crippen molar-refractivity contribution in [3.8, 4) is 0 Å². The molecule has 1 aliphatic rings. The second kappa shape index (κ2) is 4.68. The zero-order valence-corrected chi connectivity index (χ0v) is 9.71. The Kier molecular flexibility index (Phi) is 2.88. The third kappa shape index (κ3) is 2.08. The van der Waals surface area contributed by atoms with Gasteiger partial charge in [-0.05, 0) is 30.7 Å². The number of aromatic nitrogens is 1. The van der Waals surface area contributed by atoms with E-state index < -0.39 is 0 Å². The minimum Gasteiger partial charge on any atom is -0.309 e. The smallest absolute Gasteiger partial charge is 0.0454 e. The summed E-state index contributed by atoms with van der Waals surface area (Å²) in [6, 6.07) is 17.2. The molecule has 1 N–H and O–H groups in total. The van der Waals surface area contributed by atoms with Gasteiger partial charge in [-0.1, -0.05) is 36.4 Å². The van der Waals surface area contributed by atoms with Crippen molar-refractivity contribution in [1.82, 2.24) is 10.3 Å². The van der Waals surface area contributed by atoms with Crippen LogP contribution in [0.3, 0.4) is 0 Å². The summed E-state index contributed by atoms with van der Waals surface area (Å²) < 4.78 is 0. The van der Waals surface area contributed by atoms with Crippen molar-refractivity contribution >= 4 is 0 Å². The van der Waals surface area contributed by atoms with E-state index in [0.717, 1.165) is 13.0 Å². The van der Waals surface area contributed by atoms with Crippen LogP contribution in [0.2, 0.25) is 0 Å². The van der Waals surface area contributed by atoms with Crippen molar-refractivity contribution in [2.24, 2.45) is 0 Å². The van der Waals surface area contributed by atoms with E-state index in [1.807, 2.05) is 12.3 Å². The number of pyridine rings is 1. The lowest BCUT2D eigenvalue weighted by Gasteiger charge is -2.19. The number of benzene rings is 1. The zero-order valence-electron chi connectivity index (χ0n) is 9.71. The topological polar surface area (TPSA) is 24.9 Å². The molecule has 2 heterocycles. The third-order valence-electron chi connectivity index (χ3n) is 3.45. The molecule has 0 aliphatic carbocycles. The summed E-state index contributed by atoms with van der Waals surface area (Å²) in [7, 11) is 0. The molecule has 86 valence electrons. The first-order chi connectivity index (χ1) is 8.45. The molecule has 2 atom stereocenters. The first-order valence-electron chi connectivity index (χ1n) is 6.14. The summed E-state index contributed by atoms with van der Waals surface area (Å²) in [5.74, 6) is 0.499. The Balaban J connectivity index is 1.91. The van der Waals surface area contributed by atoms with Crippen LogP contribution in [0.1, 0.15) is 29.6 Å². The second-order valence-electron chi connectivity index (χ2n) is 4.49. The van der Waals surface area contributed by atoms with Crippen LogP contribution in [0.5, 0.6) is 0 Å². The van der Waals surface area contributed by atoms with Gasteiger partial charge >= 0.3 is 0 Å². The van der Waals surface area contributed by atoms with E-state index in [1.54, 1.807) is 0 Å². The van der Waals surface area contributed by atoms with Crippen LogP contribution < -0.4 is 5.32 Å². The van der Waals surface area contributed by atoms with Crippen molar-refractivity contribution in [3.63, 3.8) is 0 Å². The minimum absolute atomic E-state index is 0.408. The number of hydrogen-bond donors (Lipinski definition) is 1. The molecular formula is C15H16N2. The average Bonchev–Trinajstić information content (AvgIpc) is 2.90. The molecule has 1 aromatic heterocycles. The van der Waals surface area contributed by atoms with Gasteiger partial charge in [-0.3, -0.25) is 4.98 Å². The lowest BCUT2D eigenvalue weighted by Crippen LogP contribution is -2.17. The van der Waals surface area contributed by atoms with Crippen LogP contribution >= 0.6 is 0 Å². The van der Waals surface area contributed by atoms with Gasteiger partial charge < -0.3 is 5.32 Å². The summed E-state index contributed by atoms with van der Waals surface area (Å²) in [5, 5.41) is 3.58. The van der Waals surface area contributed by atoms with Crippen LogP contribution in [0.4, 0.5) is 0 Å². The van der Waals surface area contributed by atoms with Crippen molar-refractivity contribution in [3.05, 3.63) is 66.0 Å². The molecule has 1 aliphatic heterocycles. The maximum absolute atomic E-state index is 4.50. The van der Waals surface area contributed by atoms with Gasteiger partial charge in [0.25, 0.3) is 0 Å². The Hall–Kier alpha value is -1.67. The van der Waals surface area contributed by atoms with E-state index in [4.69, 9.17) is 0 Å². The molecule has 0 spiro atoms. The maximum atomic E-state index is 4.50. The number of rotatable bonds is 2. The van der Waals surface area contributed by atoms with Gasteiger partial charge in [-0.2, -0.15) is 0 Å². The van der Waals surface area contributed by atoms with Crippen molar-refractivity contribution in [2.45, 2.75) is 18.4 Å². The molecule has 2 aromatic rings. The first kappa shape index (κ1) is 10.5. The van der Waals surface area contributed by atoms with E-state index in [-0.39, 0.29) is 0 Å². The average molecular weight is 224 g/mol. The molecular weight excluding hydrogens is 208 g/mol. The zero-order chi connectivity index (χ0) is 11.5. The van der Waals surface area contributed by atoms with E-state index >= 15 is 0 Å². The van der Waals surface area contributed by atoms with Gasteiger partial charge in [0.2, 0.25) is 0 Å². The van der Waals surface area contributed by atoms with E-state index in [9.17, 15) is 0 Å². The fourth-order valence-corrected chi connectivity index (χ4v) is 2.63. The molecule has 2 heteroatoms. The standard InChI is InChI=1S/C15H16N2/c1-2-6-12(7-3-1)15-13(9-11-17-15)14-8-4-5-10-16-14/h1-8,10,13,15,17H,9,11H2. The van der Waals surface area contributed by atoms with Gasteiger partial charge in [-0.15, -0.1) is 0 Å². The van der Waals surface area contributed by atoms with Gasteiger partial charge in [0.1, 0.15) is 0 Å². The normalized spacial score (nSPS) is 23.8. The molecule has 0 amide bonds. The molecule has 0 bridgehead atoms. The third-order valence-corrected chi connectivity index (χ3v) is 3.45. The van der Waals surface area contributed by atoms with Gasteiger partial charge in [-0.25, -0.2) is 0 Å². The Morgan fingerprint density at radius 3 is 2.59 bits per heavy atom. The highest BCUT2D eigenvalue weighted by Crippen LogP contribution is 2.36. The predicted octanol–water partition coefficient (Wildman–Crippen LogP) is 2.90. The Morgan fingerprint density at radius 2 is 1.82 bits per heavy atom. The SMILES string of the molecule is c1ccc(C2NCCC2c2ccccn2)cc1. The highest BCUT2D eigenvalue weighted by atomic mass is 15.0. The Bertz CT molecular complexity index is 421. The lowest BCUT2D eigenvalue weighted by atomic mass is 9.91. The van der Waals surface area contributed by atoms with Gasteiger partial charge in [0.05, 0.1) is 0 Å². The Morgan fingerprint density at radius 1 is 1.00 bits per heavy atom. The predicted molar refractivity (Wildman–Crippen MR) is 68.8 cm³/mol. The molecule has 0 radical (unpaired) electrons. The number of hydrogen-bond acceptors (Lipinski definition) is 2. The second-order valence-corrected chi connectivity index (χ2v) is 4.49. The molecule has 3 rings (SSSR count). The lowest BCUT2D eigenvalue weighted by molar-refractivity contribution is 0.566.